The van der Waals surface area contributed by atoms with Gasteiger partial charge in [-0.25, -0.2) is 8.42 Å². The van der Waals surface area contributed by atoms with Gasteiger partial charge in [0.1, 0.15) is 0 Å². The van der Waals surface area contributed by atoms with Gasteiger partial charge in [0.15, 0.2) is 9.84 Å². The summed E-state index contributed by atoms with van der Waals surface area (Å²) >= 11 is 0. The van der Waals surface area contributed by atoms with Gasteiger partial charge < -0.3 is 10.2 Å². The van der Waals surface area contributed by atoms with Crippen LogP contribution in [-0.4, -0.2) is 62.1 Å². The first-order valence-corrected chi connectivity index (χ1v) is 12.2. The Hall–Kier alpha value is -2.22. The van der Waals surface area contributed by atoms with Crippen LogP contribution in [0.25, 0.3) is 0 Å². The summed E-state index contributed by atoms with van der Waals surface area (Å²) in [5, 5.41) is 2.65. The van der Waals surface area contributed by atoms with Crippen molar-refractivity contribution in [1.82, 2.24) is 9.80 Å². The van der Waals surface area contributed by atoms with E-state index in [-0.39, 0.29) is 11.7 Å². The molecule has 0 radical (unpaired) electrons. The van der Waals surface area contributed by atoms with Crippen molar-refractivity contribution in [3.63, 3.8) is 0 Å². The van der Waals surface area contributed by atoms with Crippen molar-refractivity contribution in [2.45, 2.75) is 37.2 Å². The molecule has 2 aliphatic rings. The zero-order valence-electron chi connectivity index (χ0n) is 17.4. The Bertz CT molecular complexity index is 1000. The van der Waals surface area contributed by atoms with E-state index in [9.17, 15) is 13.2 Å². The van der Waals surface area contributed by atoms with E-state index in [4.69, 9.17) is 0 Å². The van der Waals surface area contributed by atoms with Gasteiger partial charge in [-0.3, -0.25) is 9.69 Å². The van der Waals surface area contributed by atoms with E-state index in [1.165, 1.54) is 18.1 Å². The Kier molecular flexibility index (Phi) is 6.22. The topological polar surface area (TPSA) is 69.7 Å². The number of piperazine rings is 1. The van der Waals surface area contributed by atoms with E-state index in [0.717, 1.165) is 39.1 Å². The predicted octanol–water partition coefficient (Wildman–Crippen LogP) is 2.55. The fourth-order valence-electron chi connectivity index (χ4n) is 4.49. The van der Waals surface area contributed by atoms with Gasteiger partial charge in [0, 0.05) is 44.8 Å². The van der Waals surface area contributed by atoms with Gasteiger partial charge in [0.2, 0.25) is 5.91 Å². The van der Waals surface area contributed by atoms with Crippen molar-refractivity contribution in [2.24, 2.45) is 0 Å². The molecule has 0 aliphatic carbocycles. The van der Waals surface area contributed by atoms with Gasteiger partial charge in [0.25, 0.3) is 0 Å². The number of rotatable bonds is 6. The highest BCUT2D eigenvalue weighted by Crippen LogP contribution is 2.26. The lowest BCUT2D eigenvalue weighted by Gasteiger charge is -2.44. The van der Waals surface area contributed by atoms with E-state index in [1.54, 1.807) is 24.3 Å². The summed E-state index contributed by atoms with van der Waals surface area (Å²) in [6.07, 6.45) is 1.70. The van der Waals surface area contributed by atoms with Crippen LogP contribution in [0.3, 0.4) is 0 Å². The van der Waals surface area contributed by atoms with Crippen LogP contribution in [0.5, 0.6) is 0 Å². The maximum Gasteiger partial charge on any atom is 0.221 e. The summed E-state index contributed by atoms with van der Waals surface area (Å²) in [5.41, 5.74) is 3.50. The average molecular weight is 428 g/mol. The van der Waals surface area contributed by atoms with Gasteiger partial charge in [-0.1, -0.05) is 24.3 Å². The standard InChI is InChI=1S/C23H29N3O3S/c1-18(27)24-21-7-9-23(10-8-21)30(28,29)14-4-11-25-12-13-26-16-20-6-3-2-5-19(20)15-22(26)17-25/h2-3,5-10,22H,4,11-17H2,1H3,(H,24,27). The van der Waals surface area contributed by atoms with E-state index < -0.39 is 9.84 Å². The number of benzene rings is 2. The van der Waals surface area contributed by atoms with Gasteiger partial charge >= 0.3 is 0 Å². The molecule has 1 N–H and O–H groups in total. The average Bonchev–Trinajstić information content (AvgIpc) is 2.72. The second-order valence-corrected chi connectivity index (χ2v) is 10.4. The maximum atomic E-state index is 12.7. The van der Waals surface area contributed by atoms with Crippen LogP contribution in [0, 0.1) is 0 Å². The quantitative estimate of drug-likeness (QED) is 0.767. The molecule has 160 valence electrons. The van der Waals surface area contributed by atoms with E-state index >= 15 is 0 Å². The summed E-state index contributed by atoms with van der Waals surface area (Å²) in [7, 11) is -3.32. The van der Waals surface area contributed by atoms with Crippen molar-refractivity contribution < 1.29 is 13.2 Å². The Morgan fingerprint density at radius 2 is 1.80 bits per heavy atom. The highest BCUT2D eigenvalue weighted by Gasteiger charge is 2.31. The molecule has 0 saturated carbocycles. The summed E-state index contributed by atoms with van der Waals surface area (Å²) in [6.45, 7) is 6.28. The van der Waals surface area contributed by atoms with Gasteiger partial charge in [-0.15, -0.1) is 0 Å². The first-order chi connectivity index (χ1) is 14.4. The molecule has 4 rings (SSSR count). The molecular formula is C23H29N3O3S. The highest BCUT2D eigenvalue weighted by molar-refractivity contribution is 7.91. The number of nitrogens with one attached hydrogen (secondary N) is 1. The highest BCUT2D eigenvalue weighted by atomic mass is 32.2. The SMILES string of the molecule is CC(=O)Nc1ccc(S(=O)(=O)CCCN2CCN3Cc4ccccc4CC3C2)cc1. The Labute approximate surface area is 178 Å². The normalized spacial score (nSPS) is 19.7. The minimum Gasteiger partial charge on any atom is -0.326 e. The third kappa shape index (κ3) is 4.91. The molecule has 1 unspecified atom stereocenters. The summed E-state index contributed by atoms with van der Waals surface area (Å²) in [5.74, 6) is -0.0348. The molecule has 0 spiro atoms. The van der Waals surface area contributed by atoms with Crippen LogP contribution in [0.15, 0.2) is 53.4 Å². The third-order valence-electron chi connectivity index (χ3n) is 6.06. The number of sulfone groups is 1. The Morgan fingerprint density at radius 3 is 2.53 bits per heavy atom. The van der Waals surface area contributed by atoms with Gasteiger partial charge in [-0.2, -0.15) is 0 Å². The smallest absolute Gasteiger partial charge is 0.221 e. The minimum absolute atomic E-state index is 0.139. The monoisotopic (exact) mass is 427 g/mol. The largest absolute Gasteiger partial charge is 0.326 e. The summed E-state index contributed by atoms with van der Waals surface area (Å²) in [4.78, 5) is 16.4. The molecule has 1 saturated heterocycles. The molecule has 2 aromatic carbocycles. The van der Waals surface area contributed by atoms with Crippen LogP contribution in [0.2, 0.25) is 0 Å². The molecule has 2 aliphatic heterocycles. The Balaban J connectivity index is 1.29. The number of fused-ring (bicyclic) bond motifs is 2. The number of hydrogen-bond acceptors (Lipinski definition) is 5. The number of nitrogens with zero attached hydrogens (tertiary/aromatic N) is 2. The fraction of sp³-hybridized carbons (Fsp3) is 0.435. The van der Waals surface area contributed by atoms with Crippen molar-refractivity contribution in [2.75, 3.05) is 37.2 Å². The molecule has 2 aromatic rings. The summed E-state index contributed by atoms with van der Waals surface area (Å²) in [6, 6.07) is 15.6. The number of amides is 1. The van der Waals surface area contributed by atoms with Crippen molar-refractivity contribution in [1.29, 1.82) is 0 Å². The van der Waals surface area contributed by atoms with Gasteiger partial charge in [0.05, 0.1) is 10.6 Å². The molecule has 2 heterocycles. The first kappa shape index (κ1) is 21.0. The molecule has 6 nitrogen and oxygen atoms in total. The van der Waals surface area contributed by atoms with Crippen LogP contribution >= 0.6 is 0 Å². The number of carbonyl (C=O) groups is 1. The maximum absolute atomic E-state index is 12.7. The molecule has 7 heteroatoms. The molecule has 1 atom stereocenters. The molecular weight excluding hydrogens is 398 g/mol. The Morgan fingerprint density at radius 1 is 1.07 bits per heavy atom. The second kappa shape index (κ2) is 8.88. The van der Waals surface area contributed by atoms with Gasteiger partial charge in [-0.05, 0) is 54.8 Å². The minimum atomic E-state index is -3.32. The molecule has 1 fully saturated rings. The predicted molar refractivity (Wildman–Crippen MR) is 118 cm³/mol. The van der Waals surface area contributed by atoms with E-state index in [2.05, 4.69) is 39.4 Å². The van der Waals surface area contributed by atoms with Crippen LogP contribution < -0.4 is 5.32 Å². The first-order valence-electron chi connectivity index (χ1n) is 10.5. The van der Waals surface area contributed by atoms with Crippen molar-refractivity contribution in [3.8, 4) is 0 Å². The van der Waals surface area contributed by atoms with Crippen molar-refractivity contribution in [3.05, 3.63) is 59.7 Å². The zero-order chi connectivity index (χ0) is 21.1. The molecule has 0 bridgehead atoms. The number of carbonyl (C=O) groups excluding carboxylic acids is 1. The lowest BCUT2D eigenvalue weighted by atomic mass is 9.92. The molecule has 0 aromatic heterocycles. The van der Waals surface area contributed by atoms with E-state index in [0.29, 0.717) is 23.0 Å². The lowest BCUT2D eigenvalue weighted by molar-refractivity contribution is -0.114. The molecule has 30 heavy (non-hydrogen) atoms. The number of hydrogen-bond donors (Lipinski definition) is 1. The fourth-order valence-corrected chi connectivity index (χ4v) is 5.79. The van der Waals surface area contributed by atoms with Crippen LogP contribution in [0.1, 0.15) is 24.5 Å². The third-order valence-corrected chi connectivity index (χ3v) is 7.87. The summed E-state index contributed by atoms with van der Waals surface area (Å²) < 4.78 is 25.3. The second-order valence-electron chi connectivity index (χ2n) is 8.28. The van der Waals surface area contributed by atoms with Crippen LogP contribution in [-0.2, 0) is 27.6 Å². The van der Waals surface area contributed by atoms with Crippen molar-refractivity contribution >= 4 is 21.4 Å². The zero-order valence-corrected chi connectivity index (χ0v) is 18.2. The van der Waals surface area contributed by atoms with E-state index in [1.807, 2.05) is 0 Å². The van der Waals surface area contributed by atoms with Crippen LogP contribution in [0.4, 0.5) is 5.69 Å². The number of anilines is 1. The lowest BCUT2D eigenvalue weighted by Crippen LogP contribution is -2.55. The molecule has 1 amide bonds.